The molecule has 0 aliphatic carbocycles. The monoisotopic (exact) mass is 618 g/mol. The van der Waals surface area contributed by atoms with E-state index in [-0.39, 0.29) is 58.0 Å². The van der Waals surface area contributed by atoms with Gasteiger partial charge in [0.15, 0.2) is 5.82 Å². The zero-order valence-electron chi connectivity index (χ0n) is 24.8. The summed E-state index contributed by atoms with van der Waals surface area (Å²) in [5.41, 5.74) is -1.88. The highest BCUT2D eigenvalue weighted by molar-refractivity contribution is 6.03. The number of phenolic OH excluding ortho intramolecular Hbond substituents is 1. The first-order valence-electron chi connectivity index (χ1n) is 15.1. The standard InChI is InChI=1S/C33H33F3N6O3/c1-3-22-25(35)6-5-19-11-21(43)12-23(26(19)22)28-27(36)29-24(14-38-28)30(41-10-8-37-16-32(2,44)17-41)40-31(39-29)45-18-33-7-4-9-42(33)15-20(34)13-33/h1,5-6,11-12,14,20,37,43-44H,4,7-10,13,15-18H2,2H3/t20-,32?,33+/m1/s1. The number of pyridine rings is 1. The Morgan fingerprint density at radius 1 is 1.22 bits per heavy atom. The van der Waals surface area contributed by atoms with Crippen LogP contribution in [0.2, 0.25) is 0 Å². The van der Waals surface area contributed by atoms with Gasteiger partial charge in [-0.2, -0.15) is 9.97 Å². The second-order valence-electron chi connectivity index (χ2n) is 12.6. The summed E-state index contributed by atoms with van der Waals surface area (Å²) in [5.74, 6) is 0.983. The van der Waals surface area contributed by atoms with Crippen molar-refractivity contribution in [2.24, 2.45) is 0 Å². The average molecular weight is 619 g/mol. The summed E-state index contributed by atoms with van der Waals surface area (Å²) in [6.07, 6.45) is 8.17. The van der Waals surface area contributed by atoms with Gasteiger partial charge in [-0.3, -0.25) is 9.88 Å². The molecule has 5 heterocycles. The summed E-state index contributed by atoms with van der Waals surface area (Å²) in [5, 5.41) is 25.6. The fourth-order valence-corrected chi connectivity index (χ4v) is 7.21. The lowest BCUT2D eigenvalue weighted by molar-refractivity contribution is 0.0728. The Labute approximate surface area is 258 Å². The summed E-state index contributed by atoms with van der Waals surface area (Å²) < 4.78 is 52.1. The predicted molar refractivity (Wildman–Crippen MR) is 164 cm³/mol. The minimum absolute atomic E-state index is 0.0846. The number of alkyl halides is 1. The lowest BCUT2D eigenvalue weighted by atomic mass is 9.95. The Balaban J connectivity index is 1.39. The van der Waals surface area contributed by atoms with E-state index in [4.69, 9.17) is 11.2 Å². The summed E-state index contributed by atoms with van der Waals surface area (Å²) in [6, 6.07) is 5.26. The Hall–Kier alpha value is -4.18. The highest BCUT2D eigenvalue weighted by atomic mass is 19.1. The molecule has 0 bridgehead atoms. The molecule has 3 aliphatic heterocycles. The Kier molecular flexibility index (Phi) is 7.23. The van der Waals surface area contributed by atoms with Gasteiger partial charge in [0.25, 0.3) is 0 Å². The van der Waals surface area contributed by atoms with E-state index in [2.05, 4.69) is 31.1 Å². The van der Waals surface area contributed by atoms with Crippen LogP contribution in [0.15, 0.2) is 30.5 Å². The molecule has 7 rings (SSSR count). The van der Waals surface area contributed by atoms with E-state index in [1.165, 1.54) is 30.5 Å². The number of fused-ring (bicyclic) bond motifs is 3. The van der Waals surface area contributed by atoms with Crippen molar-refractivity contribution in [3.63, 3.8) is 0 Å². The molecule has 4 aromatic rings. The van der Waals surface area contributed by atoms with E-state index in [1.54, 1.807) is 6.92 Å². The summed E-state index contributed by atoms with van der Waals surface area (Å²) in [7, 11) is 0. The summed E-state index contributed by atoms with van der Waals surface area (Å²) >= 11 is 0. The molecule has 3 aliphatic rings. The van der Waals surface area contributed by atoms with Crippen LogP contribution in [0.5, 0.6) is 11.8 Å². The van der Waals surface area contributed by atoms with Gasteiger partial charge < -0.3 is 25.2 Å². The van der Waals surface area contributed by atoms with Crippen molar-refractivity contribution in [2.75, 3.05) is 50.8 Å². The van der Waals surface area contributed by atoms with Gasteiger partial charge in [-0.1, -0.05) is 12.0 Å². The van der Waals surface area contributed by atoms with Crippen LogP contribution in [0.4, 0.5) is 19.0 Å². The van der Waals surface area contributed by atoms with Gasteiger partial charge in [0.05, 0.1) is 22.1 Å². The van der Waals surface area contributed by atoms with Crippen molar-refractivity contribution in [3.05, 3.63) is 47.7 Å². The first-order valence-corrected chi connectivity index (χ1v) is 15.1. The first kappa shape index (κ1) is 29.5. The normalized spacial score (nSPS) is 25.4. The van der Waals surface area contributed by atoms with Crippen molar-refractivity contribution >= 4 is 27.5 Å². The number of hydrogen-bond acceptors (Lipinski definition) is 9. The molecule has 0 amide bonds. The fraction of sp³-hybridized carbons (Fsp3) is 0.424. The second-order valence-corrected chi connectivity index (χ2v) is 12.6. The first-order chi connectivity index (χ1) is 21.6. The number of nitrogens with one attached hydrogen (secondary N) is 1. The molecule has 2 aromatic heterocycles. The number of hydrogen-bond donors (Lipinski definition) is 3. The number of terminal acetylenes is 1. The minimum atomic E-state index is -1.11. The topological polar surface area (TPSA) is 107 Å². The van der Waals surface area contributed by atoms with Crippen molar-refractivity contribution in [1.29, 1.82) is 0 Å². The Bertz CT molecular complexity index is 1860. The van der Waals surface area contributed by atoms with Gasteiger partial charge in [0.1, 0.15) is 41.4 Å². The summed E-state index contributed by atoms with van der Waals surface area (Å²) in [6.45, 7) is 4.51. The van der Waals surface area contributed by atoms with Gasteiger partial charge >= 0.3 is 6.01 Å². The second kappa shape index (κ2) is 11.0. The zero-order chi connectivity index (χ0) is 31.5. The van der Waals surface area contributed by atoms with E-state index >= 15 is 4.39 Å². The van der Waals surface area contributed by atoms with Gasteiger partial charge in [0, 0.05) is 56.3 Å². The molecule has 2 aromatic carbocycles. The number of aliphatic hydroxyl groups is 1. The van der Waals surface area contributed by atoms with Crippen molar-refractivity contribution < 1.29 is 28.1 Å². The van der Waals surface area contributed by atoms with Crippen LogP contribution >= 0.6 is 0 Å². The third-order valence-electron chi connectivity index (χ3n) is 9.22. The van der Waals surface area contributed by atoms with E-state index in [9.17, 15) is 19.0 Å². The number of β-amino-alcohol motifs (C(OH)–C–C–N with tert-alkyl or cyclic N) is 1. The number of benzene rings is 2. The number of aromatic hydroxyl groups is 1. The number of halogens is 3. The molecule has 3 fully saturated rings. The average Bonchev–Trinajstić information content (AvgIpc) is 3.46. The lowest BCUT2D eigenvalue weighted by Crippen LogP contribution is -2.44. The number of anilines is 1. The van der Waals surface area contributed by atoms with Crippen LogP contribution in [-0.4, -0.2) is 93.3 Å². The molecule has 3 N–H and O–H groups in total. The molecule has 0 spiro atoms. The molecule has 3 atom stereocenters. The molecule has 9 nitrogen and oxygen atoms in total. The lowest BCUT2D eigenvalue weighted by Gasteiger charge is -2.31. The van der Waals surface area contributed by atoms with E-state index in [0.717, 1.165) is 19.4 Å². The third-order valence-corrected chi connectivity index (χ3v) is 9.22. The van der Waals surface area contributed by atoms with Crippen LogP contribution in [0.25, 0.3) is 32.9 Å². The van der Waals surface area contributed by atoms with Crippen LogP contribution in [-0.2, 0) is 0 Å². The van der Waals surface area contributed by atoms with Gasteiger partial charge in [-0.15, -0.1) is 6.42 Å². The highest BCUT2D eigenvalue weighted by Gasteiger charge is 2.49. The van der Waals surface area contributed by atoms with E-state index in [0.29, 0.717) is 43.8 Å². The number of aromatic nitrogens is 3. The Morgan fingerprint density at radius 2 is 2.07 bits per heavy atom. The molecule has 1 unspecified atom stereocenters. The maximum Gasteiger partial charge on any atom is 0.319 e. The fourth-order valence-electron chi connectivity index (χ4n) is 7.21. The predicted octanol–water partition coefficient (Wildman–Crippen LogP) is 3.93. The van der Waals surface area contributed by atoms with E-state index < -0.39 is 28.9 Å². The number of nitrogens with zero attached hydrogens (tertiary/aromatic N) is 5. The highest BCUT2D eigenvalue weighted by Crippen LogP contribution is 2.42. The van der Waals surface area contributed by atoms with Crippen LogP contribution in [0.1, 0.15) is 31.7 Å². The van der Waals surface area contributed by atoms with Gasteiger partial charge in [-0.25, -0.2) is 13.2 Å². The largest absolute Gasteiger partial charge is 0.508 e. The molecule has 45 heavy (non-hydrogen) atoms. The number of rotatable bonds is 5. The van der Waals surface area contributed by atoms with Crippen molar-refractivity contribution in [1.82, 2.24) is 25.2 Å². The number of ether oxygens (including phenoxy) is 1. The maximum absolute atomic E-state index is 16.7. The molecule has 12 heteroatoms. The zero-order valence-corrected chi connectivity index (χ0v) is 24.8. The Morgan fingerprint density at radius 3 is 2.89 bits per heavy atom. The molecule has 0 radical (unpaired) electrons. The molecule has 0 saturated carbocycles. The smallest absolute Gasteiger partial charge is 0.319 e. The molecule has 3 saturated heterocycles. The van der Waals surface area contributed by atoms with Gasteiger partial charge in [0.2, 0.25) is 0 Å². The van der Waals surface area contributed by atoms with Crippen LogP contribution in [0.3, 0.4) is 0 Å². The summed E-state index contributed by atoms with van der Waals surface area (Å²) in [4.78, 5) is 17.5. The maximum atomic E-state index is 16.7. The molecule has 234 valence electrons. The van der Waals surface area contributed by atoms with Gasteiger partial charge in [-0.05, 0) is 49.9 Å². The third kappa shape index (κ3) is 5.18. The van der Waals surface area contributed by atoms with E-state index in [1.807, 2.05) is 4.90 Å². The quantitative estimate of drug-likeness (QED) is 0.287. The van der Waals surface area contributed by atoms with Crippen LogP contribution in [0, 0.1) is 24.0 Å². The number of phenols is 1. The van der Waals surface area contributed by atoms with Crippen molar-refractivity contribution in [2.45, 2.75) is 43.5 Å². The van der Waals surface area contributed by atoms with Crippen molar-refractivity contribution in [3.8, 4) is 35.4 Å². The molecular weight excluding hydrogens is 585 g/mol. The minimum Gasteiger partial charge on any atom is -0.508 e. The van der Waals surface area contributed by atoms with Crippen LogP contribution < -0.4 is 15.0 Å². The SMILES string of the molecule is C#Cc1c(F)ccc2cc(O)cc(-c3ncc4c(N5CCNCC(C)(O)C5)nc(OC[C@@]56CCCN5C[C@H](F)C6)nc4c3F)c12. The molecular formula is C33H33F3N6O3.